The van der Waals surface area contributed by atoms with E-state index in [1.165, 1.54) is 37.7 Å². The number of hydrogen-bond donors (Lipinski definition) is 0. The average molecular weight is 374 g/mol. The van der Waals surface area contributed by atoms with Crippen molar-refractivity contribution in [1.82, 2.24) is 14.8 Å². The van der Waals surface area contributed by atoms with Gasteiger partial charge in [0.25, 0.3) is 0 Å². The van der Waals surface area contributed by atoms with Gasteiger partial charge in [-0.2, -0.15) is 0 Å². The van der Waals surface area contributed by atoms with Crippen molar-refractivity contribution in [3.05, 3.63) is 35.7 Å². The van der Waals surface area contributed by atoms with Crippen LogP contribution in [0.15, 0.2) is 29.4 Å². The first-order chi connectivity index (χ1) is 12.4. The molecule has 0 atom stereocenters. The van der Waals surface area contributed by atoms with Crippen LogP contribution < -0.4 is 4.74 Å². The Morgan fingerprint density at radius 3 is 2.42 bits per heavy atom. The van der Waals surface area contributed by atoms with Crippen molar-refractivity contribution in [1.29, 1.82) is 0 Å². The van der Waals surface area contributed by atoms with Crippen LogP contribution in [-0.4, -0.2) is 27.1 Å². The van der Waals surface area contributed by atoms with Crippen LogP contribution in [0.2, 0.25) is 0 Å². The largest absolute Gasteiger partial charge is 0.493 e. The molecule has 0 unspecified atom stereocenters. The van der Waals surface area contributed by atoms with Gasteiger partial charge in [-0.1, -0.05) is 63.9 Å². The second-order valence-electron chi connectivity index (χ2n) is 8.21. The first-order valence-electron chi connectivity index (χ1n) is 9.70. The fraction of sp³-hybridized carbons (Fsp3) is 0.619. The van der Waals surface area contributed by atoms with E-state index in [1.807, 2.05) is 0 Å². The van der Waals surface area contributed by atoms with E-state index in [2.05, 4.69) is 66.8 Å². The van der Waals surface area contributed by atoms with Crippen LogP contribution in [-0.2, 0) is 12.5 Å². The number of hydrogen-bond acceptors (Lipinski definition) is 4. The zero-order valence-electron chi connectivity index (χ0n) is 16.5. The maximum absolute atomic E-state index is 5.88. The van der Waals surface area contributed by atoms with E-state index in [4.69, 9.17) is 4.74 Å². The molecule has 1 aliphatic carbocycles. The van der Waals surface area contributed by atoms with Crippen molar-refractivity contribution in [2.75, 3.05) is 12.4 Å². The van der Waals surface area contributed by atoms with Crippen LogP contribution in [0.25, 0.3) is 0 Å². The molecule has 1 aromatic carbocycles. The average Bonchev–Trinajstić information content (AvgIpc) is 3.00. The Balaban J connectivity index is 1.47. The van der Waals surface area contributed by atoms with Gasteiger partial charge in [-0.3, -0.25) is 0 Å². The number of aromatic nitrogens is 3. The summed E-state index contributed by atoms with van der Waals surface area (Å²) in [4.78, 5) is 0. The highest BCUT2D eigenvalue weighted by Crippen LogP contribution is 2.32. The van der Waals surface area contributed by atoms with Gasteiger partial charge in [0.15, 0.2) is 5.16 Å². The SMILES string of the molecule is Cn1c(SCCOc2ccc(C(C)(C)C)cc2)nnc1C1CCCCC1. The molecule has 1 aromatic heterocycles. The molecule has 0 radical (unpaired) electrons. The Morgan fingerprint density at radius 2 is 1.77 bits per heavy atom. The van der Waals surface area contributed by atoms with Crippen LogP contribution in [0.4, 0.5) is 0 Å². The summed E-state index contributed by atoms with van der Waals surface area (Å²) < 4.78 is 8.06. The van der Waals surface area contributed by atoms with Gasteiger partial charge in [-0.25, -0.2) is 0 Å². The van der Waals surface area contributed by atoms with Gasteiger partial charge in [0.2, 0.25) is 0 Å². The number of benzene rings is 1. The molecule has 4 nitrogen and oxygen atoms in total. The van der Waals surface area contributed by atoms with E-state index in [9.17, 15) is 0 Å². The Hall–Kier alpha value is -1.49. The van der Waals surface area contributed by atoms with Crippen molar-refractivity contribution in [2.24, 2.45) is 7.05 Å². The summed E-state index contributed by atoms with van der Waals surface area (Å²) in [6, 6.07) is 8.44. The minimum atomic E-state index is 0.176. The molecule has 1 aliphatic rings. The van der Waals surface area contributed by atoms with E-state index in [0.717, 1.165) is 22.5 Å². The van der Waals surface area contributed by atoms with Crippen molar-refractivity contribution in [3.63, 3.8) is 0 Å². The molecule has 0 aliphatic heterocycles. The van der Waals surface area contributed by atoms with Crippen molar-refractivity contribution >= 4 is 11.8 Å². The zero-order chi connectivity index (χ0) is 18.6. The molecule has 3 rings (SSSR count). The summed E-state index contributed by atoms with van der Waals surface area (Å²) in [6.45, 7) is 7.34. The highest BCUT2D eigenvalue weighted by Gasteiger charge is 2.21. The lowest BCUT2D eigenvalue weighted by Gasteiger charge is -2.20. The predicted molar refractivity (Wildman–Crippen MR) is 108 cm³/mol. The molecule has 1 saturated carbocycles. The van der Waals surface area contributed by atoms with E-state index >= 15 is 0 Å². The van der Waals surface area contributed by atoms with Gasteiger partial charge < -0.3 is 9.30 Å². The second-order valence-corrected chi connectivity index (χ2v) is 9.27. The lowest BCUT2D eigenvalue weighted by Crippen LogP contribution is -2.11. The van der Waals surface area contributed by atoms with Gasteiger partial charge in [-0.05, 0) is 36.0 Å². The Kier molecular flexibility index (Phi) is 6.28. The molecule has 26 heavy (non-hydrogen) atoms. The molecule has 142 valence electrons. The lowest BCUT2D eigenvalue weighted by atomic mass is 9.87. The molecule has 0 spiro atoms. The van der Waals surface area contributed by atoms with Crippen LogP contribution >= 0.6 is 11.8 Å². The zero-order valence-corrected chi connectivity index (χ0v) is 17.3. The molecular formula is C21H31N3OS. The van der Waals surface area contributed by atoms with Gasteiger partial charge in [-0.15, -0.1) is 10.2 Å². The summed E-state index contributed by atoms with van der Waals surface area (Å²) in [5, 5.41) is 9.85. The van der Waals surface area contributed by atoms with Crippen LogP contribution in [0.3, 0.4) is 0 Å². The second kappa shape index (κ2) is 8.47. The topological polar surface area (TPSA) is 39.9 Å². The van der Waals surface area contributed by atoms with E-state index in [1.54, 1.807) is 11.8 Å². The summed E-state index contributed by atoms with van der Waals surface area (Å²) >= 11 is 1.72. The van der Waals surface area contributed by atoms with Crippen molar-refractivity contribution in [2.45, 2.75) is 69.4 Å². The van der Waals surface area contributed by atoms with Gasteiger partial charge >= 0.3 is 0 Å². The molecule has 1 fully saturated rings. The van der Waals surface area contributed by atoms with Gasteiger partial charge in [0.1, 0.15) is 11.6 Å². The molecule has 1 heterocycles. The van der Waals surface area contributed by atoms with Gasteiger partial charge in [0.05, 0.1) is 6.61 Å². The summed E-state index contributed by atoms with van der Waals surface area (Å²) in [7, 11) is 2.10. The molecule has 0 amide bonds. The fourth-order valence-corrected chi connectivity index (χ4v) is 4.25. The van der Waals surface area contributed by atoms with Crippen molar-refractivity contribution in [3.8, 4) is 5.75 Å². The normalized spacial score (nSPS) is 16.0. The third-order valence-electron chi connectivity index (χ3n) is 5.14. The van der Waals surface area contributed by atoms with Gasteiger partial charge in [0, 0.05) is 18.7 Å². The number of nitrogens with zero attached hydrogens (tertiary/aromatic N) is 3. The fourth-order valence-electron chi connectivity index (χ4n) is 3.51. The van der Waals surface area contributed by atoms with Crippen LogP contribution in [0.5, 0.6) is 5.75 Å². The predicted octanol–water partition coefficient (Wildman–Crippen LogP) is 5.33. The van der Waals surface area contributed by atoms with Crippen molar-refractivity contribution < 1.29 is 4.74 Å². The maximum Gasteiger partial charge on any atom is 0.191 e. The molecule has 5 heteroatoms. The quantitative estimate of drug-likeness (QED) is 0.507. The Bertz CT molecular complexity index is 697. The van der Waals surface area contributed by atoms with E-state index < -0.39 is 0 Å². The Morgan fingerprint density at radius 1 is 1.08 bits per heavy atom. The number of ether oxygens (including phenoxy) is 1. The third-order valence-corrected chi connectivity index (χ3v) is 6.13. The number of thioether (sulfide) groups is 1. The first-order valence-corrected chi connectivity index (χ1v) is 10.7. The first kappa shape index (κ1) is 19.3. The summed E-state index contributed by atoms with van der Waals surface area (Å²) in [6.07, 6.45) is 6.52. The highest BCUT2D eigenvalue weighted by atomic mass is 32.2. The standard InChI is InChI=1S/C21H31N3OS/c1-21(2,3)17-10-12-18(13-11-17)25-14-15-26-20-23-22-19(24(20)4)16-8-6-5-7-9-16/h10-13,16H,5-9,14-15H2,1-4H3. The van der Waals surface area contributed by atoms with E-state index in [0.29, 0.717) is 12.5 Å². The van der Waals surface area contributed by atoms with Crippen LogP contribution in [0, 0.1) is 0 Å². The smallest absolute Gasteiger partial charge is 0.191 e. The summed E-state index contributed by atoms with van der Waals surface area (Å²) in [5.41, 5.74) is 1.50. The minimum Gasteiger partial charge on any atom is -0.493 e. The minimum absolute atomic E-state index is 0.176. The monoisotopic (exact) mass is 373 g/mol. The van der Waals surface area contributed by atoms with Crippen LogP contribution in [0.1, 0.15) is 70.2 Å². The molecular weight excluding hydrogens is 342 g/mol. The lowest BCUT2D eigenvalue weighted by molar-refractivity contribution is 0.343. The molecule has 2 aromatic rings. The van der Waals surface area contributed by atoms with E-state index in [-0.39, 0.29) is 5.41 Å². The Labute approximate surface area is 161 Å². The maximum atomic E-state index is 5.88. The molecule has 0 N–H and O–H groups in total. The highest BCUT2D eigenvalue weighted by molar-refractivity contribution is 7.99. The summed E-state index contributed by atoms with van der Waals surface area (Å²) in [5.74, 6) is 3.55. The third kappa shape index (κ3) is 4.81. The molecule has 0 saturated heterocycles. The number of rotatable bonds is 6. The molecule has 0 bridgehead atoms.